The zero-order valence-electron chi connectivity index (χ0n) is 8.96. The predicted octanol–water partition coefficient (Wildman–Crippen LogP) is 1.69. The third-order valence-corrected chi connectivity index (χ3v) is 2.72. The van der Waals surface area contributed by atoms with E-state index < -0.39 is 0 Å². The fourth-order valence-electron chi connectivity index (χ4n) is 1.82. The summed E-state index contributed by atoms with van der Waals surface area (Å²) in [7, 11) is 2.00. The third kappa shape index (κ3) is 4.08. The Morgan fingerprint density at radius 1 is 1.43 bits per heavy atom. The number of ether oxygens (including phenoxy) is 1. The Hall–Kier alpha value is -0.590. The Morgan fingerprint density at radius 3 is 2.86 bits per heavy atom. The molecule has 1 rings (SSSR count). The van der Waals surface area contributed by atoms with Crippen molar-refractivity contribution in [1.82, 2.24) is 5.32 Å². The van der Waals surface area contributed by atoms with E-state index >= 15 is 0 Å². The molecule has 1 saturated carbocycles. The summed E-state index contributed by atoms with van der Waals surface area (Å²) in [6.45, 7) is 1.95. The van der Waals surface area contributed by atoms with Gasteiger partial charge >= 0.3 is 0 Å². The summed E-state index contributed by atoms with van der Waals surface area (Å²) in [5.74, 6) is 0.823. The second-order valence-corrected chi connectivity index (χ2v) is 4.00. The molecule has 0 unspecified atom stereocenters. The van der Waals surface area contributed by atoms with Crippen LogP contribution in [-0.4, -0.2) is 26.3 Å². The van der Waals surface area contributed by atoms with Crippen LogP contribution in [0.4, 0.5) is 0 Å². The summed E-state index contributed by atoms with van der Waals surface area (Å²) < 4.78 is 5.66. The van der Waals surface area contributed by atoms with Crippen LogP contribution in [0.25, 0.3) is 0 Å². The van der Waals surface area contributed by atoms with E-state index in [4.69, 9.17) is 10.00 Å². The van der Waals surface area contributed by atoms with Crippen molar-refractivity contribution in [3.05, 3.63) is 0 Å². The SMILES string of the molecule is CNCC1CC(OCCCCC#N)C1. The van der Waals surface area contributed by atoms with Gasteiger partial charge < -0.3 is 10.1 Å². The van der Waals surface area contributed by atoms with Gasteiger partial charge in [-0.1, -0.05) is 0 Å². The lowest BCUT2D eigenvalue weighted by molar-refractivity contribution is -0.0305. The minimum atomic E-state index is 0.496. The standard InChI is InChI=1S/C11H20N2O/c1-13-9-10-7-11(8-10)14-6-4-2-3-5-12/h10-11,13H,2-4,6-9H2,1H3. The van der Waals surface area contributed by atoms with Crippen LogP contribution in [0, 0.1) is 17.2 Å². The van der Waals surface area contributed by atoms with Crippen LogP contribution in [0.2, 0.25) is 0 Å². The minimum Gasteiger partial charge on any atom is -0.378 e. The average molecular weight is 196 g/mol. The van der Waals surface area contributed by atoms with E-state index in [1.807, 2.05) is 7.05 Å². The summed E-state index contributed by atoms with van der Waals surface area (Å²) >= 11 is 0. The molecule has 0 bridgehead atoms. The Morgan fingerprint density at radius 2 is 2.21 bits per heavy atom. The quantitative estimate of drug-likeness (QED) is 0.630. The second-order valence-electron chi connectivity index (χ2n) is 4.00. The van der Waals surface area contributed by atoms with Crippen LogP contribution in [0.1, 0.15) is 32.1 Å². The van der Waals surface area contributed by atoms with Gasteiger partial charge in [0, 0.05) is 13.0 Å². The molecule has 0 atom stereocenters. The fraction of sp³-hybridized carbons (Fsp3) is 0.909. The van der Waals surface area contributed by atoms with E-state index in [0.717, 1.165) is 31.9 Å². The molecule has 3 heteroatoms. The number of hydrogen-bond acceptors (Lipinski definition) is 3. The third-order valence-electron chi connectivity index (χ3n) is 2.72. The molecular formula is C11H20N2O. The molecule has 80 valence electrons. The molecule has 1 fully saturated rings. The summed E-state index contributed by atoms with van der Waals surface area (Å²) in [5.41, 5.74) is 0. The van der Waals surface area contributed by atoms with Gasteiger partial charge in [0.25, 0.3) is 0 Å². The molecule has 0 aliphatic heterocycles. The van der Waals surface area contributed by atoms with Crippen LogP contribution >= 0.6 is 0 Å². The lowest BCUT2D eigenvalue weighted by atomic mass is 9.82. The smallest absolute Gasteiger partial charge is 0.0621 e. The van der Waals surface area contributed by atoms with Crippen molar-refractivity contribution >= 4 is 0 Å². The number of nitrogens with zero attached hydrogens (tertiary/aromatic N) is 1. The zero-order chi connectivity index (χ0) is 10.2. The van der Waals surface area contributed by atoms with Crippen molar-refractivity contribution in [2.45, 2.75) is 38.2 Å². The van der Waals surface area contributed by atoms with Gasteiger partial charge in [0.15, 0.2) is 0 Å². The first-order valence-corrected chi connectivity index (χ1v) is 5.50. The van der Waals surface area contributed by atoms with E-state index in [-0.39, 0.29) is 0 Å². The van der Waals surface area contributed by atoms with E-state index in [2.05, 4.69) is 11.4 Å². The second kappa shape index (κ2) is 6.80. The highest BCUT2D eigenvalue weighted by Crippen LogP contribution is 2.29. The van der Waals surface area contributed by atoms with Gasteiger partial charge in [-0.3, -0.25) is 0 Å². The normalized spacial score (nSPS) is 25.4. The van der Waals surface area contributed by atoms with Crippen molar-refractivity contribution in [2.75, 3.05) is 20.2 Å². The summed E-state index contributed by atoms with van der Waals surface area (Å²) in [6.07, 6.45) is 5.58. The van der Waals surface area contributed by atoms with Crippen molar-refractivity contribution in [1.29, 1.82) is 5.26 Å². The zero-order valence-corrected chi connectivity index (χ0v) is 8.96. The molecule has 1 N–H and O–H groups in total. The first-order chi connectivity index (χ1) is 6.86. The fourth-order valence-corrected chi connectivity index (χ4v) is 1.82. The topological polar surface area (TPSA) is 45.0 Å². The molecule has 0 radical (unpaired) electrons. The van der Waals surface area contributed by atoms with E-state index in [1.165, 1.54) is 12.8 Å². The number of rotatable bonds is 7. The van der Waals surface area contributed by atoms with Crippen molar-refractivity contribution in [2.24, 2.45) is 5.92 Å². The maximum Gasteiger partial charge on any atom is 0.0621 e. The van der Waals surface area contributed by atoms with Gasteiger partial charge in [-0.25, -0.2) is 0 Å². The van der Waals surface area contributed by atoms with E-state index in [9.17, 15) is 0 Å². The molecule has 0 aromatic rings. The molecule has 3 nitrogen and oxygen atoms in total. The van der Waals surface area contributed by atoms with E-state index in [1.54, 1.807) is 0 Å². The van der Waals surface area contributed by atoms with Crippen molar-refractivity contribution in [3.63, 3.8) is 0 Å². The van der Waals surface area contributed by atoms with Crippen LogP contribution in [0.5, 0.6) is 0 Å². The minimum absolute atomic E-state index is 0.496. The molecule has 0 spiro atoms. The van der Waals surface area contributed by atoms with Crippen LogP contribution in [-0.2, 0) is 4.74 Å². The summed E-state index contributed by atoms with van der Waals surface area (Å²) in [6, 6.07) is 2.14. The Kier molecular flexibility index (Phi) is 5.58. The lowest BCUT2D eigenvalue weighted by Crippen LogP contribution is -2.37. The van der Waals surface area contributed by atoms with Gasteiger partial charge in [0.05, 0.1) is 12.2 Å². The highest BCUT2D eigenvalue weighted by molar-refractivity contribution is 4.81. The van der Waals surface area contributed by atoms with Gasteiger partial charge in [-0.05, 0) is 45.2 Å². The molecule has 0 heterocycles. The van der Waals surface area contributed by atoms with Crippen molar-refractivity contribution in [3.8, 4) is 6.07 Å². The molecule has 1 aliphatic carbocycles. The number of nitrogens with one attached hydrogen (secondary N) is 1. The van der Waals surface area contributed by atoms with Crippen LogP contribution in [0.3, 0.4) is 0 Å². The van der Waals surface area contributed by atoms with Gasteiger partial charge in [-0.15, -0.1) is 0 Å². The van der Waals surface area contributed by atoms with Gasteiger partial charge in [-0.2, -0.15) is 5.26 Å². The largest absolute Gasteiger partial charge is 0.378 e. The maximum absolute atomic E-state index is 8.33. The van der Waals surface area contributed by atoms with Crippen molar-refractivity contribution < 1.29 is 4.74 Å². The molecular weight excluding hydrogens is 176 g/mol. The van der Waals surface area contributed by atoms with Crippen LogP contribution in [0.15, 0.2) is 0 Å². The maximum atomic E-state index is 8.33. The van der Waals surface area contributed by atoms with Gasteiger partial charge in [0.2, 0.25) is 0 Å². The number of nitriles is 1. The van der Waals surface area contributed by atoms with E-state index in [0.29, 0.717) is 12.5 Å². The molecule has 0 aromatic carbocycles. The monoisotopic (exact) mass is 196 g/mol. The molecule has 0 aromatic heterocycles. The predicted molar refractivity (Wildman–Crippen MR) is 55.9 cm³/mol. The average Bonchev–Trinajstić information content (AvgIpc) is 2.13. The molecule has 1 aliphatic rings. The first kappa shape index (κ1) is 11.5. The lowest BCUT2D eigenvalue weighted by Gasteiger charge is -2.35. The van der Waals surface area contributed by atoms with Gasteiger partial charge in [0.1, 0.15) is 0 Å². The number of unbranched alkanes of at least 4 members (excludes halogenated alkanes) is 2. The highest BCUT2D eigenvalue weighted by Gasteiger charge is 2.28. The highest BCUT2D eigenvalue weighted by atomic mass is 16.5. The Labute approximate surface area is 86.4 Å². The Bertz CT molecular complexity index is 182. The van der Waals surface area contributed by atoms with Crippen LogP contribution < -0.4 is 5.32 Å². The Balaban J connectivity index is 1.84. The molecule has 14 heavy (non-hydrogen) atoms. The number of hydrogen-bond donors (Lipinski definition) is 1. The molecule has 0 amide bonds. The first-order valence-electron chi connectivity index (χ1n) is 5.50. The molecule has 0 saturated heterocycles. The summed E-state index contributed by atoms with van der Waals surface area (Å²) in [4.78, 5) is 0. The summed E-state index contributed by atoms with van der Waals surface area (Å²) in [5, 5.41) is 11.5.